The molecule has 0 unspecified atom stereocenters. The first-order chi connectivity index (χ1) is 9.38. The molecule has 0 aliphatic heterocycles. The van der Waals surface area contributed by atoms with Crippen molar-refractivity contribution in [1.82, 2.24) is 15.8 Å². The number of primary amides is 1. The van der Waals surface area contributed by atoms with Gasteiger partial charge >= 0.3 is 12.0 Å². The molecule has 1 rings (SSSR count). The molecular formula is C11H16N4O5. The van der Waals surface area contributed by atoms with Gasteiger partial charge in [0.25, 0.3) is 0 Å². The van der Waals surface area contributed by atoms with Crippen molar-refractivity contribution in [2.45, 2.75) is 32.4 Å². The van der Waals surface area contributed by atoms with Crippen LogP contribution in [0.1, 0.15) is 24.3 Å². The predicted octanol–water partition coefficient (Wildman–Crippen LogP) is -0.499. The molecule has 9 heteroatoms. The highest BCUT2D eigenvalue weighted by Gasteiger charge is 2.20. The fourth-order valence-electron chi connectivity index (χ4n) is 1.42. The molecular weight excluding hydrogens is 268 g/mol. The Morgan fingerprint density at radius 3 is 2.70 bits per heavy atom. The van der Waals surface area contributed by atoms with Crippen LogP contribution in [-0.4, -0.2) is 34.2 Å². The smallest absolute Gasteiger partial charge is 0.326 e. The molecule has 0 aromatic carbocycles. The van der Waals surface area contributed by atoms with E-state index >= 15 is 0 Å². The number of aryl methyl sites for hydroxylation is 1. The molecule has 0 saturated heterocycles. The summed E-state index contributed by atoms with van der Waals surface area (Å²) in [7, 11) is 0. The lowest BCUT2D eigenvalue weighted by Crippen LogP contribution is -2.46. The van der Waals surface area contributed by atoms with E-state index in [-0.39, 0.29) is 19.4 Å². The second-order valence-corrected chi connectivity index (χ2v) is 4.16. The first kappa shape index (κ1) is 15.5. The molecule has 0 radical (unpaired) electrons. The molecule has 1 atom stereocenters. The standard InChI is InChI=1S/C11H16N4O5/c1-6-4-7(20-15-6)5-13-11(19)14-8(10(17)18)2-3-9(12)16/h4,8H,2-3,5H2,1H3,(H2,12,16)(H,17,18)(H2,13,14,19)/t8-/m0/s1. The number of aliphatic carboxylic acids is 1. The number of urea groups is 1. The highest BCUT2D eigenvalue weighted by atomic mass is 16.5. The van der Waals surface area contributed by atoms with E-state index in [1.165, 1.54) is 0 Å². The van der Waals surface area contributed by atoms with Crippen LogP contribution in [0.2, 0.25) is 0 Å². The van der Waals surface area contributed by atoms with E-state index in [1.807, 2.05) is 0 Å². The van der Waals surface area contributed by atoms with Gasteiger partial charge in [0.2, 0.25) is 5.91 Å². The average molecular weight is 284 g/mol. The lowest BCUT2D eigenvalue weighted by Gasteiger charge is -2.13. The SMILES string of the molecule is Cc1cc(CNC(=O)N[C@@H](CCC(N)=O)C(=O)O)on1. The van der Waals surface area contributed by atoms with Crippen LogP contribution in [0, 0.1) is 6.92 Å². The zero-order valence-electron chi connectivity index (χ0n) is 10.9. The molecule has 5 N–H and O–H groups in total. The number of aromatic nitrogens is 1. The van der Waals surface area contributed by atoms with Crippen LogP contribution < -0.4 is 16.4 Å². The van der Waals surface area contributed by atoms with Gasteiger partial charge in [-0.05, 0) is 13.3 Å². The fraction of sp³-hybridized carbons (Fsp3) is 0.455. The molecule has 0 aliphatic carbocycles. The van der Waals surface area contributed by atoms with Crippen LogP contribution in [0.5, 0.6) is 0 Å². The topological polar surface area (TPSA) is 148 Å². The largest absolute Gasteiger partial charge is 0.480 e. The van der Waals surface area contributed by atoms with Crippen LogP contribution in [0.25, 0.3) is 0 Å². The number of hydrogen-bond acceptors (Lipinski definition) is 5. The van der Waals surface area contributed by atoms with Crippen LogP contribution in [-0.2, 0) is 16.1 Å². The van der Waals surface area contributed by atoms with Crippen molar-refractivity contribution in [3.8, 4) is 0 Å². The molecule has 1 heterocycles. The minimum absolute atomic E-state index is 0.0699. The summed E-state index contributed by atoms with van der Waals surface area (Å²) < 4.78 is 4.88. The van der Waals surface area contributed by atoms with Crippen molar-refractivity contribution >= 4 is 17.9 Å². The monoisotopic (exact) mass is 284 g/mol. The quantitative estimate of drug-likeness (QED) is 0.530. The molecule has 0 spiro atoms. The Morgan fingerprint density at radius 1 is 1.50 bits per heavy atom. The minimum Gasteiger partial charge on any atom is -0.480 e. The summed E-state index contributed by atoms with van der Waals surface area (Å²) in [4.78, 5) is 33.0. The molecule has 0 fully saturated rings. The molecule has 1 aromatic heterocycles. The van der Waals surface area contributed by atoms with Gasteiger partial charge in [-0.25, -0.2) is 9.59 Å². The Labute approximate surface area is 114 Å². The average Bonchev–Trinajstić information content (AvgIpc) is 2.77. The number of carboxylic acids is 1. The van der Waals surface area contributed by atoms with Crippen LogP contribution in [0.15, 0.2) is 10.6 Å². The Bertz CT molecular complexity index is 499. The Kier molecular flexibility index (Phi) is 5.51. The number of amides is 3. The van der Waals surface area contributed by atoms with Crippen LogP contribution >= 0.6 is 0 Å². The van der Waals surface area contributed by atoms with Crippen molar-refractivity contribution < 1.29 is 24.0 Å². The lowest BCUT2D eigenvalue weighted by molar-refractivity contribution is -0.139. The molecule has 0 saturated carbocycles. The van der Waals surface area contributed by atoms with Crippen molar-refractivity contribution in [3.05, 3.63) is 17.5 Å². The number of carbonyl (C=O) groups excluding carboxylic acids is 2. The van der Waals surface area contributed by atoms with Crippen molar-refractivity contribution in [1.29, 1.82) is 0 Å². The van der Waals surface area contributed by atoms with Crippen molar-refractivity contribution in [3.63, 3.8) is 0 Å². The van der Waals surface area contributed by atoms with Gasteiger partial charge in [-0.2, -0.15) is 0 Å². The number of rotatable bonds is 7. The maximum atomic E-state index is 11.5. The third-order valence-electron chi connectivity index (χ3n) is 2.38. The van der Waals surface area contributed by atoms with Gasteiger partial charge in [-0.15, -0.1) is 0 Å². The number of carboxylic acid groups (broad SMARTS) is 1. The highest BCUT2D eigenvalue weighted by molar-refractivity contribution is 5.83. The molecule has 9 nitrogen and oxygen atoms in total. The van der Waals surface area contributed by atoms with Gasteiger partial charge in [0.1, 0.15) is 6.04 Å². The summed E-state index contributed by atoms with van der Waals surface area (Å²) >= 11 is 0. The van der Waals surface area contributed by atoms with Gasteiger partial charge < -0.3 is 26.0 Å². The van der Waals surface area contributed by atoms with Crippen molar-refractivity contribution in [2.24, 2.45) is 5.73 Å². The first-order valence-electron chi connectivity index (χ1n) is 5.86. The molecule has 0 aliphatic rings. The van der Waals surface area contributed by atoms with E-state index in [0.29, 0.717) is 11.5 Å². The summed E-state index contributed by atoms with van der Waals surface area (Å²) in [6, 6.07) is -0.225. The van der Waals surface area contributed by atoms with Gasteiger partial charge in [0.15, 0.2) is 5.76 Å². The summed E-state index contributed by atoms with van der Waals surface area (Å²) in [5.41, 5.74) is 5.60. The van der Waals surface area contributed by atoms with Gasteiger partial charge in [-0.3, -0.25) is 4.79 Å². The van der Waals surface area contributed by atoms with Crippen LogP contribution in [0.3, 0.4) is 0 Å². The maximum absolute atomic E-state index is 11.5. The molecule has 1 aromatic rings. The normalized spacial score (nSPS) is 11.7. The van der Waals surface area contributed by atoms with E-state index in [2.05, 4.69) is 15.8 Å². The number of nitrogens with two attached hydrogens (primary N) is 1. The zero-order chi connectivity index (χ0) is 15.1. The second kappa shape index (κ2) is 7.12. The van der Waals surface area contributed by atoms with E-state index in [4.69, 9.17) is 15.4 Å². The van der Waals surface area contributed by atoms with Gasteiger partial charge in [-0.1, -0.05) is 5.16 Å². The zero-order valence-corrected chi connectivity index (χ0v) is 10.9. The number of nitrogens with zero attached hydrogens (tertiary/aromatic N) is 1. The summed E-state index contributed by atoms with van der Waals surface area (Å²) in [5, 5.41) is 17.2. The van der Waals surface area contributed by atoms with Crippen molar-refractivity contribution in [2.75, 3.05) is 0 Å². The van der Waals surface area contributed by atoms with E-state index < -0.39 is 23.9 Å². The summed E-state index contributed by atoms with van der Waals surface area (Å²) in [5.74, 6) is -1.42. The number of hydrogen-bond donors (Lipinski definition) is 4. The third-order valence-corrected chi connectivity index (χ3v) is 2.38. The summed E-state index contributed by atoms with van der Waals surface area (Å²) in [6.07, 6.45) is -0.196. The minimum atomic E-state index is -1.24. The Hall–Kier alpha value is -2.58. The van der Waals surface area contributed by atoms with E-state index in [1.54, 1.807) is 13.0 Å². The lowest BCUT2D eigenvalue weighted by atomic mass is 10.1. The summed E-state index contributed by atoms with van der Waals surface area (Å²) in [6.45, 7) is 1.81. The van der Waals surface area contributed by atoms with Gasteiger partial charge in [0, 0.05) is 12.5 Å². The molecule has 3 amide bonds. The number of nitrogens with one attached hydrogen (secondary N) is 2. The highest BCUT2D eigenvalue weighted by Crippen LogP contribution is 2.01. The second-order valence-electron chi connectivity index (χ2n) is 4.16. The Morgan fingerprint density at radius 2 is 2.20 bits per heavy atom. The van der Waals surface area contributed by atoms with E-state index in [9.17, 15) is 14.4 Å². The maximum Gasteiger partial charge on any atom is 0.326 e. The van der Waals surface area contributed by atoms with Gasteiger partial charge in [0.05, 0.1) is 12.2 Å². The molecule has 0 bridgehead atoms. The van der Waals surface area contributed by atoms with E-state index in [0.717, 1.165) is 0 Å². The third kappa shape index (κ3) is 5.38. The predicted molar refractivity (Wildman–Crippen MR) is 66.5 cm³/mol. The molecule has 20 heavy (non-hydrogen) atoms. The first-order valence-corrected chi connectivity index (χ1v) is 5.86. The fourth-order valence-corrected chi connectivity index (χ4v) is 1.42. The molecule has 110 valence electrons. The Balaban J connectivity index is 2.41. The van der Waals surface area contributed by atoms with Crippen LogP contribution in [0.4, 0.5) is 4.79 Å². The number of carbonyl (C=O) groups is 3.